The lowest BCUT2D eigenvalue weighted by Crippen LogP contribution is -2.27. The predicted octanol–water partition coefficient (Wildman–Crippen LogP) is 2.08. The average Bonchev–Trinajstić information content (AvgIpc) is 2.49. The van der Waals surface area contributed by atoms with Crippen LogP contribution in [0.3, 0.4) is 0 Å². The van der Waals surface area contributed by atoms with Crippen LogP contribution in [0, 0.1) is 11.3 Å². The van der Waals surface area contributed by atoms with E-state index in [0.29, 0.717) is 17.9 Å². The highest BCUT2D eigenvalue weighted by atomic mass is 16.5. The molecule has 106 valence electrons. The van der Waals surface area contributed by atoms with Gasteiger partial charge in [0.05, 0.1) is 24.3 Å². The number of hydrogen-bond donors (Lipinski definition) is 1. The van der Waals surface area contributed by atoms with Crippen molar-refractivity contribution in [1.29, 1.82) is 5.26 Å². The van der Waals surface area contributed by atoms with Gasteiger partial charge in [0.25, 0.3) is 0 Å². The molecule has 0 bridgehead atoms. The summed E-state index contributed by atoms with van der Waals surface area (Å²) >= 11 is 0. The van der Waals surface area contributed by atoms with Crippen molar-refractivity contribution in [3.8, 4) is 6.07 Å². The highest BCUT2D eigenvalue weighted by Crippen LogP contribution is 2.13. The van der Waals surface area contributed by atoms with Crippen LogP contribution in [-0.4, -0.2) is 31.8 Å². The molecule has 1 heterocycles. The van der Waals surface area contributed by atoms with Crippen molar-refractivity contribution in [3.05, 3.63) is 29.8 Å². The number of benzene rings is 1. The standard InChI is InChI=1S/C15H18N2O3/c16-9-12-4-6-13(7-5-12)17-15(18)11-19-10-14-3-1-2-8-20-14/h4-7,14H,1-3,8,10-11H2,(H,17,18). The zero-order valence-corrected chi connectivity index (χ0v) is 11.3. The van der Waals surface area contributed by atoms with Gasteiger partial charge in [0.15, 0.2) is 0 Å². The molecule has 2 rings (SSSR count). The molecule has 0 radical (unpaired) electrons. The van der Waals surface area contributed by atoms with Crippen molar-refractivity contribution >= 4 is 11.6 Å². The van der Waals surface area contributed by atoms with Crippen LogP contribution in [0.1, 0.15) is 24.8 Å². The molecule has 5 heteroatoms. The smallest absolute Gasteiger partial charge is 0.250 e. The molecule has 1 N–H and O–H groups in total. The third-order valence-electron chi connectivity index (χ3n) is 3.11. The maximum absolute atomic E-state index is 11.7. The van der Waals surface area contributed by atoms with E-state index in [0.717, 1.165) is 25.9 Å². The molecule has 0 aliphatic carbocycles. The Hall–Kier alpha value is -1.90. The van der Waals surface area contributed by atoms with E-state index in [9.17, 15) is 4.79 Å². The fourth-order valence-electron chi connectivity index (χ4n) is 2.05. The summed E-state index contributed by atoms with van der Waals surface area (Å²) in [5, 5.41) is 11.4. The Morgan fingerprint density at radius 2 is 2.20 bits per heavy atom. The van der Waals surface area contributed by atoms with Gasteiger partial charge in [-0.05, 0) is 43.5 Å². The minimum Gasteiger partial charge on any atom is -0.376 e. The summed E-state index contributed by atoms with van der Waals surface area (Å²) in [6.07, 6.45) is 3.38. The van der Waals surface area contributed by atoms with Crippen molar-refractivity contribution in [1.82, 2.24) is 0 Å². The fourth-order valence-corrected chi connectivity index (χ4v) is 2.05. The Kier molecular flexibility index (Phi) is 5.54. The monoisotopic (exact) mass is 274 g/mol. The molecular formula is C15H18N2O3. The Balaban J connectivity index is 1.68. The summed E-state index contributed by atoms with van der Waals surface area (Å²) in [6.45, 7) is 1.26. The molecule has 1 atom stereocenters. The number of carbonyl (C=O) groups excluding carboxylic acids is 1. The van der Waals surface area contributed by atoms with E-state index in [1.165, 1.54) is 0 Å². The molecule has 1 unspecified atom stereocenters. The van der Waals surface area contributed by atoms with E-state index < -0.39 is 0 Å². The minimum absolute atomic E-state index is 0.0138. The van der Waals surface area contributed by atoms with Crippen LogP contribution in [0.4, 0.5) is 5.69 Å². The topological polar surface area (TPSA) is 71.4 Å². The highest BCUT2D eigenvalue weighted by molar-refractivity contribution is 5.91. The van der Waals surface area contributed by atoms with Crippen LogP contribution in [0.15, 0.2) is 24.3 Å². The molecule has 1 amide bonds. The molecule has 20 heavy (non-hydrogen) atoms. The first-order chi connectivity index (χ1) is 9.78. The number of nitriles is 1. The first kappa shape index (κ1) is 14.5. The van der Waals surface area contributed by atoms with Gasteiger partial charge in [-0.25, -0.2) is 0 Å². The van der Waals surface area contributed by atoms with Gasteiger partial charge in [0, 0.05) is 12.3 Å². The minimum atomic E-state index is -0.203. The van der Waals surface area contributed by atoms with Crippen LogP contribution in [0.2, 0.25) is 0 Å². The maximum atomic E-state index is 11.7. The number of nitrogens with one attached hydrogen (secondary N) is 1. The quantitative estimate of drug-likeness (QED) is 0.892. The average molecular weight is 274 g/mol. The zero-order chi connectivity index (χ0) is 14.2. The van der Waals surface area contributed by atoms with Crippen molar-refractivity contribution in [2.45, 2.75) is 25.4 Å². The lowest BCUT2D eigenvalue weighted by Gasteiger charge is -2.22. The van der Waals surface area contributed by atoms with Gasteiger partial charge in [-0.2, -0.15) is 5.26 Å². The highest BCUT2D eigenvalue weighted by Gasteiger charge is 2.14. The van der Waals surface area contributed by atoms with Gasteiger partial charge >= 0.3 is 0 Å². The van der Waals surface area contributed by atoms with Crippen LogP contribution in [-0.2, 0) is 14.3 Å². The lowest BCUT2D eigenvalue weighted by molar-refractivity contribution is -0.122. The van der Waals surface area contributed by atoms with Crippen molar-refractivity contribution < 1.29 is 14.3 Å². The largest absolute Gasteiger partial charge is 0.376 e. The molecule has 0 saturated carbocycles. The number of nitrogens with zero attached hydrogens (tertiary/aromatic N) is 1. The molecule has 1 aliphatic heterocycles. The molecular weight excluding hydrogens is 256 g/mol. The van der Waals surface area contributed by atoms with E-state index in [1.807, 2.05) is 6.07 Å². The van der Waals surface area contributed by atoms with E-state index in [2.05, 4.69) is 5.32 Å². The Labute approximate surface area is 118 Å². The van der Waals surface area contributed by atoms with E-state index in [1.54, 1.807) is 24.3 Å². The molecule has 0 aromatic heterocycles. The fraction of sp³-hybridized carbons (Fsp3) is 0.467. The third-order valence-corrected chi connectivity index (χ3v) is 3.11. The summed E-state index contributed by atoms with van der Waals surface area (Å²) in [4.78, 5) is 11.7. The third kappa shape index (κ3) is 4.65. The predicted molar refractivity (Wildman–Crippen MR) is 74.2 cm³/mol. The summed E-state index contributed by atoms with van der Waals surface area (Å²) in [5.74, 6) is -0.203. The number of anilines is 1. The summed E-state index contributed by atoms with van der Waals surface area (Å²) in [7, 11) is 0. The van der Waals surface area contributed by atoms with Crippen molar-refractivity contribution in [3.63, 3.8) is 0 Å². The van der Waals surface area contributed by atoms with E-state index in [4.69, 9.17) is 14.7 Å². The molecule has 5 nitrogen and oxygen atoms in total. The van der Waals surface area contributed by atoms with Gasteiger partial charge in [0.2, 0.25) is 5.91 Å². The van der Waals surface area contributed by atoms with Crippen LogP contribution in [0.5, 0.6) is 0 Å². The van der Waals surface area contributed by atoms with Gasteiger partial charge < -0.3 is 14.8 Å². The Bertz CT molecular complexity index is 473. The van der Waals surface area contributed by atoms with E-state index in [-0.39, 0.29) is 18.6 Å². The Morgan fingerprint density at radius 3 is 2.85 bits per heavy atom. The number of hydrogen-bond acceptors (Lipinski definition) is 4. The van der Waals surface area contributed by atoms with Gasteiger partial charge in [0.1, 0.15) is 6.61 Å². The molecule has 0 spiro atoms. The SMILES string of the molecule is N#Cc1ccc(NC(=O)COCC2CCCCO2)cc1. The molecule has 1 aromatic rings. The second-order valence-corrected chi connectivity index (χ2v) is 4.74. The van der Waals surface area contributed by atoms with Crippen LogP contribution < -0.4 is 5.32 Å². The molecule has 1 saturated heterocycles. The normalized spacial score (nSPS) is 18.2. The molecule has 1 fully saturated rings. The molecule has 1 aliphatic rings. The van der Waals surface area contributed by atoms with Gasteiger partial charge in [-0.15, -0.1) is 0 Å². The second-order valence-electron chi connectivity index (χ2n) is 4.74. The Morgan fingerprint density at radius 1 is 1.40 bits per heavy atom. The number of carbonyl (C=O) groups is 1. The van der Waals surface area contributed by atoms with Crippen LogP contribution >= 0.6 is 0 Å². The maximum Gasteiger partial charge on any atom is 0.250 e. The van der Waals surface area contributed by atoms with Gasteiger partial charge in [-0.3, -0.25) is 4.79 Å². The zero-order valence-electron chi connectivity index (χ0n) is 11.3. The van der Waals surface area contributed by atoms with E-state index >= 15 is 0 Å². The van der Waals surface area contributed by atoms with Gasteiger partial charge in [-0.1, -0.05) is 0 Å². The lowest BCUT2D eigenvalue weighted by atomic mass is 10.1. The first-order valence-electron chi connectivity index (χ1n) is 6.77. The number of rotatable bonds is 5. The van der Waals surface area contributed by atoms with Crippen LogP contribution in [0.25, 0.3) is 0 Å². The van der Waals surface area contributed by atoms with Crippen molar-refractivity contribution in [2.75, 3.05) is 25.1 Å². The number of amides is 1. The first-order valence-corrected chi connectivity index (χ1v) is 6.77. The summed E-state index contributed by atoms with van der Waals surface area (Å²) in [6, 6.07) is 8.74. The molecule has 1 aromatic carbocycles. The second kappa shape index (κ2) is 7.63. The summed E-state index contributed by atoms with van der Waals surface area (Å²) in [5.41, 5.74) is 1.22. The van der Waals surface area contributed by atoms with Crippen molar-refractivity contribution in [2.24, 2.45) is 0 Å². The summed E-state index contributed by atoms with van der Waals surface area (Å²) < 4.78 is 10.9. The number of ether oxygens (including phenoxy) is 2.